The number of pyridine rings is 1. The highest BCUT2D eigenvalue weighted by Crippen LogP contribution is 2.22. The molecule has 1 aliphatic rings. The van der Waals surface area contributed by atoms with Gasteiger partial charge in [0.15, 0.2) is 17.2 Å². The van der Waals surface area contributed by atoms with E-state index in [2.05, 4.69) is 0 Å². The number of aromatic hydroxyl groups is 1. The summed E-state index contributed by atoms with van der Waals surface area (Å²) in [4.78, 5) is 40.3. The van der Waals surface area contributed by atoms with Crippen LogP contribution in [-0.2, 0) is 15.9 Å². The van der Waals surface area contributed by atoms with E-state index in [9.17, 15) is 28.3 Å². The van der Waals surface area contributed by atoms with Gasteiger partial charge in [0.25, 0.3) is 5.91 Å². The van der Waals surface area contributed by atoms with Crippen LogP contribution >= 0.6 is 0 Å². The minimum atomic E-state index is -0.968. The third kappa shape index (κ3) is 6.04. The molecule has 1 aliphatic heterocycles. The predicted molar refractivity (Wildman–Crippen MR) is 123 cm³/mol. The molecule has 35 heavy (non-hydrogen) atoms. The Hall–Kier alpha value is -3.31. The summed E-state index contributed by atoms with van der Waals surface area (Å²) in [6, 6.07) is 3.05. The van der Waals surface area contributed by atoms with Crippen LogP contribution in [0.2, 0.25) is 0 Å². The molecule has 11 heteroatoms. The molecule has 0 saturated carbocycles. The lowest BCUT2D eigenvalue weighted by Crippen LogP contribution is -2.55. The monoisotopic (exact) mass is 493 g/mol. The van der Waals surface area contributed by atoms with Crippen molar-refractivity contribution >= 4 is 11.7 Å². The van der Waals surface area contributed by atoms with Crippen LogP contribution in [-0.4, -0.2) is 73.6 Å². The normalized spacial score (nSPS) is 13.3. The maximum atomic E-state index is 13.9. The Morgan fingerprint density at radius 3 is 2.43 bits per heavy atom. The van der Waals surface area contributed by atoms with E-state index in [0.29, 0.717) is 39.1 Å². The van der Waals surface area contributed by atoms with Crippen LogP contribution in [0, 0.1) is 11.6 Å². The summed E-state index contributed by atoms with van der Waals surface area (Å²) in [6.07, 6.45) is 2.11. The van der Waals surface area contributed by atoms with Gasteiger partial charge in [-0.25, -0.2) is 8.78 Å². The number of fused-ring (bicyclic) bond motifs is 1. The fourth-order valence-corrected chi connectivity index (χ4v) is 3.94. The zero-order valence-electron chi connectivity index (χ0n) is 19.8. The largest absolute Gasteiger partial charge is 0.502 e. The lowest BCUT2D eigenvalue weighted by Gasteiger charge is -2.40. The van der Waals surface area contributed by atoms with Crippen molar-refractivity contribution in [2.45, 2.75) is 25.7 Å². The minimum absolute atomic E-state index is 0.0589. The van der Waals surface area contributed by atoms with E-state index >= 15 is 0 Å². The van der Waals surface area contributed by atoms with Crippen molar-refractivity contribution < 1.29 is 33.0 Å². The number of methoxy groups -OCH3 is 2. The minimum Gasteiger partial charge on any atom is -0.502 e. The lowest BCUT2D eigenvalue weighted by atomic mass is 10.0. The fraction of sp³-hybridized carbons (Fsp3) is 0.458. The zero-order chi connectivity index (χ0) is 25.5. The van der Waals surface area contributed by atoms with Crippen LogP contribution in [0.15, 0.2) is 29.2 Å². The van der Waals surface area contributed by atoms with Gasteiger partial charge in [-0.15, -0.1) is 0 Å². The number of Topliss-reactive ketones (excluding diaryl/α,β-unsaturated/α-hetero) is 1. The topological polar surface area (TPSA) is 101 Å². The number of ketones is 1. The number of benzene rings is 1. The molecule has 1 aromatic carbocycles. The van der Waals surface area contributed by atoms with Crippen molar-refractivity contribution in [2.75, 3.05) is 52.2 Å². The van der Waals surface area contributed by atoms with E-state index in [4.69, 9.17) is 9.47 Å². The number of rotatable bonds is 12. The van der Waals surface area contributed by atoms with E-state index in [1.807, 2.05) is 0 Å². The van der Waals surface area contributed by atoms with Gasteiger partial charge in [0.2, 0.25) is 5.43 Å². The Balaban J connectivity index is 1.91. The molecule has 2 heterocycles. The Bertz CT molecular complexity index is 1140. The molecule has 1 aromatic heterocycles. The number of hydrogen-bond acceptors (Lipinski definition) is 7. The number of carbonyl (C=O) groups excluding carboxylic acids is 2. The number of amides is 1. The summed E-state index contributed by atoms with van der Waals surface area (Å²) < 4.78 is 38.6. The van der Waals surface area contributed by atoms with Gasteiger partial charge in [-0.3, -0.25) is 24.1 Å². The van der Waals surface area contributed by atoms with Gasteiger partial charge in [0.05, 0.1) is 5.56 Å². The van der Waals surface area contributed by atoms with E-state index in [1.165, 1.54) is 21.8 Å². The number of aryl methyl sites for hydroxylation is 1. The Kier molecular flexibility index (Phi) is 8.94. The first kappa shape index (κ1) is 26.3. The molecule has 0 spiro atoms. The second-order valence-corrected chi connectivity index (χ2v) is 8.21. The van der Waals surface area contributed by atoms with Crippen molar-refractivity contribution in [3.8, 4) is 5.75 Å². The summed E-state index contributed by atoms with van der Waals surface area (Å²) in [7, 11) is 3.12. The van der Waals surface area contributed by atoms with Crippen molar-refractivity contribution in [2.24, 2.45) is 0 Å². The summed E-state index contributed by atoms with van der Waals surface area (Å²) in [5.74, 6) is -3.50. The number of hydrogen-bond donors (Lipinski definition) is 1. The highest BCUT2D eigenvalue weighted by molar-refractivity contribution is 6.00. The first-order valence-corrected chi connectivity index (χ1v) is 11.3. The van der Waals surface area contributed by atoms with E-state index in [0.717, 1.165) is 12.1 Å². The molecule has 0 fully saturated rings. The van der Waals surface area contributed by atoms with E-state index < -0.39 is 34.5 Å². The molecule has 2 aromatic rings. The van der Waals surface area contributed by atoms with Crippen LogP contribution in [0.5, 0.6) is 5.75 Å². The maximum absolute atomic E-state index is 13.9. The van der Waals surface area contributed by atoms with Gasteiger partial charge in [-0.1, -0.05) is 6.07 Å². The van der Waals surface area contributed by atoms with Gasteiger partial charge in [0.1, 0.15) is 18.3 Å². The number of halogens is 2. The highest BCUT2D eigenvalue weighted by Gasteiger charge is 2.34. The van der Waals surface area contributed by atoms with E-state index in [-0.39, 0.29) is 36.3 Å². The first-order chi connectivity index (χ1) is 16.8. The Morgan fingerprint density at radius 2 is 1.77 bits per heavy atom. The second kappa shape index (κ2) is 11.9. The molecule has 0 saturated heterocycles. The molecule has 1 amide bonds. The number of nitrogens with zero attached hydrogens (tertiary/aromatic N) is 3. The second-order valence-electron chi connectivity index (χ2n) is 8.21. The maximum Gasteiger partial charge on any atom is 0.277 e. The average Bonchev–Trinajstić information content (AvgIpc) is 2.82. The standard InChI is InChI=1S/C24H29F2N3O6/c1-34-11-3-9-27-15-28(10-4-12-35-2)29-14-18(22(31)23(32)21(29)24(27)33)20(30)8-6-16-5-7-17(25)13-19(16)26/h5,7,13-14,32H,3-4,6,8-12,15H2,1-2H3. The average molecular weight is 494 g/mol. The number of ether oxygens (including phenoxy) is 2. The van der Waals surface area contributed by atoms with Crippen LogP contribution in [0.4, 0.5) is 8.78 Å². The van der Waals surface area contributed by atoms with Crippen molar-refractivity contribution in [1.82, 2.24) is 9.58 Å². The molecule has 0 radical (unpaired) electrons. The van der Waals surface area contributed by atoms with Gasteiger partial charge in [0, 0.05) is 59.2 Å². The number of aromatic nitrogens is 1. The molecule has 9 nitrogen and oxygen atoms in total. The molecular weight excluding hydrogens is 464 g/mol. The van der Waals surface area contributed by atoms with E-state index in [1.54, 1.807) is 19.2 Å². The van der Waals surface area contributed by atoms with Crippen LogP contribution in [0.25, 0.3) is 0 Å². The molecule has 0 aliphatic carbocycles. The molecular formula is C24H29F2N3O6. The first-order valence-electron chi connectivity index (χ1n) is 11.3. The van der Waals surface area contributed by atoms with Gasteiger partial charge >= 0.3 is 0 Å². The summed E-state index contributed by atoms with van der Waals surface area (Å²) >= 11 is 0. The molecule has 0 bridgehead atoms. The third-order valence-electron chi connectivity index (χ3n) is 5.77. The third-order valence-corrected chi connectivity index (χ3v) is 5.77. The van der Waals surface area contributed by atoms with Gasteiger partial charge in [-0.05, 0) is 30.9 Å². The van der Waals surface area contributed by atoms with Gasteiger partial charge < -0.3 is 19.5 Å². The molecule has 0 unspecified atom stereocenters. The zero-order valence-corrected chi connectivity index (χ0v) is 19.8. The SMILES string of the molecule is COCCCN1CN(CCCOC)n2cc(C(=O)CCc3ccc(F)cc3F)c(=O)c(O)c2C1=O. The molecule has 190 valence electrons. The summed E-state index contributed by atoms with van der Waals surface area (Å²) in [6.45, 7) is 1.84. The number of carbonyl (C=O) groups is 2. The van der Waals surface area contributed by atoms with Gasteiger partial charge in [-0.2, -0.15) is 0 Å². The molecule has 1 N–H and O–H groups in total. The van der Waals surface area contributed by atoms with Crippen LogP contribution in [0.3, 0.4) is 0 Å². The summed E-state index contributed by atoms with van der Waals surface area (Å²) in [5.41, 5.74) is -1.38. The lowest BCUT2D eigenvalue weighted by molar-refractivity contribution is 0.0663. The molecule has 0 atom stereocenters. The van der Waals surface area contributed by atoms with Crippen molar-refractivity contribution in [3.05, 3.63) is 63.1 Å². The summed E-state index contributed by atoms with van der Waals surface area (Å²) in [5, 5.41) is 12.4. The Morgan fingerprint density at radius 1 is 1.09 bits per heavy atom. The quantitative estimate of drug-likeness (QED) is 0.357. The van der Waals surface area contributed by atoms with Crippen LogP contribution < -0.4 is 10.4 Å². The molecule has 3 rings (SSSR count). The van der Waals surface area contributed by atoms with Crippen molar-refractivity contribution in [1.29, 1.82) is 0 Å². The Labute approximate surface area is 201 Å². The smallest absolute Gasteiger partial charge is 0.277 e. The van der Waals surface area contributed by atoms with Crippen molar-refractivity contribution in [3.63, 3.8) is 0 Å². The van der Waals surface area contributed by atoms with Crippen LogP contribution in [0.1, 0.15) is 45.7 Å². The highest BCUT2D eigenvalue weighted by atomic mass is 19.1. The fourth-order valence-electron chi connectivity index (χ4n) is 3.94. The predicted octanol–water partition coefficient (Wildman–Crippen LogP) is 2.07.